The van der Waals surface area contributed by atoms with E-state index in [4.69, 9.17) is 20.1 Å². The molecular weight excluding hydrogens is 143 g/mol. The number of rotatable bonds is 2. The fourth-order valence-electron chi connectivity index (χ4n) is 0.766. The number of nitrogens with one attached hydrogen (secondary N) is 2. The highest BCUT2D eigenvalue weighted by Gasteiger charge is 2.01. The van der Waals surface area contributed by atoms with Crippen molar-refractivity contribution in [1.29, 1.82) is 0 Å². The van der Waals surface area contributed by atoms with E-state index in [0.29, 0.717) is 4.77 Å². The first-order chi connectivity index (χ1) is 4.74. The summed E-state index contributed by atoms with van der Waals surface area (Å²) in [6, 6.07) is 0. The first-order valence-corrected chi connectivity index (χ1v) is 3.68. The average molecular weight is 152 g/mol. The SMILES string of the molecule is [B]C(CC)c1c[nH]c(=S)[nH]1. The number of hydrogen-bond donors (Lipinski definition) is 2. The van der Waals surface area contributed by atoms with Crippen molar-refractivity contribution < 1.29 is 0 Å². The van der Waals surface area contributed by atoms with Crippen LogP contribution >= 0.6 is 12.2 Å². The predicted octanol–water partition coefficient (Wildman–Crippen LogP) is 1.69. The zero-order chi connectivity index (χ0) is 7.56. The fourth-order valence-corrected chi connectivity index (χ4v) is 0.943. The highest BCUT2D eigenvalue weighted by atomic mass is 32.1. The van der Waals surface area contributed by atoms with E-state index < -0.39 is 0 Å². The van der Waals surface area contributed by atoms with Gasteiger partial charge in [0.1, 0.15) is 0 Å². The van der Waals surface area contributed by atoms with Crippen molar-refractivity contribution in [2.24, 2.45) is 0 Å². The molecule has 4 heteroatoms. The molecule has 0 amide bonds. The molecule has 52 valence electrons. The molecule has 10 heavy (non-hydrogen) atoms. The molecule has 0 aliphatic carbocycles. The molecule has 0 aliphatic rings. The van der Waals surface area contributed by atoms with E-state index in [1.165, 1.54) is 0 Å². The lowest BCUT2D eigenvalue weighted by Gasteiger charge is -2.02. The van der Waals surface area contributed by atoms with E-state index >= 15 is 0 Å². The largest absolute Gasteiger partial charge is 0.337 e. The maximum atomic E-state index is 5.71. The molecule has 1 aromatic rings. The van der Waals surface area contributed by atoms with Crippen molar-refractivity contribution in [2.45, 2.75) is 19.2 Å². The topological polar surface area (TPSA) is 31.6 Å². The van der Waals surface area contributed by atoms with Gasteiger partial charge in [-0.2, -0.15) is 0 Å². The van der Waals surface area contributed by atoms with E-state index in [1.54, 1.807) is 0 Å². The summed E-state index contributed by atoms with van der Waals surface area (Å²) >= 11 is 4.83. The minimum Gasteiger partial charge on any atom is -0.337 e. The third-order valence-electron chi connectivity index (χ3n) is 1.46. The van der Waals surface area contributed by atoms with Gasteiger partial charge in [-0.1, -0.05) is 13.3 Å². The van der Waals surface area contributed by atoms with Gasteiger partial charge in [-0.25, -0.2) is 0 Å². The Hall–Kier alpha value is -0.505. The monoisotopic (exact) mass is 152 g/mol. The van der Waals surface area contributed by atoms with Crippen LogP contribution in [0.25, 0.3) is 0 Å². The van der Waals surface area contributed by atoms with Crippen molar-refractivity contribution in [1.82, 2.24) is 9.97 Å². The Morgan fingerprint density at radius 1 is 1.80 bits per heavy atom. The Morgan fingerprint density at radius 2 is 2.50 bits per heavy atom. The highest BCUT2D eigenvalue weighted by Crippen LogP contribution is 2.10. The van der Waals surface area contributed by atoms with Crippen LogP contribution in [-0.2, 0) is 0 Å². The van der Waals surface area contributed by atoms with Crippen molar-refractivity contribution in [3.05, 3.63) is 16.7 Å². The molecule has 2 radical (unpaired) electrons. The van der Waals surface area contributed by atoms with Crippen LogP contribution in [0.3, 0.4) is 0 Å². The zero-order valence-corrected chi connectivity index (χ0v) is 6.66. The van der Waals surface area contributed by atoms with Gasteiger partial charge >= 0.3 is 0 Å². The van der Waals surface area contributed by atoms with Crippen molar-refractivity contribution in [2.75, 3.05) is 0 Å². The van der Waals surface area contributed by atoms with Crippen LogP contribution in [0.4, 0.5) is 0 Å². The van der Waals surface area contributed by atoms with Crippen LogP contribution in [0.15, 0.2) is 6.20 Å². The Kier molecular flexibility index (Phi) is 2.32. The van der Waals surface area contributed by atoms with Gasteiger partial charge in [-0.15, -0.1) is 0 Å². The lowest BCUT2D eigenvalue weighted by atomic mass is 9.83. The Bertz CT molecular complexity index is 252. The number of aromatic amines is 2. The molecule has 0 fully saturated rings. The van der Waals surface area contributed by atoms with Crippen LogP contribution < -0.4 is 0 Å². The quantitative estimate of drug-likeness (QED) is 0.490. The summed E-state index contributed by atoms with van der Waals surface area (Å²) in [5.41, 5.74) is 0.979. The van der Waals surface area contributed by atoms with Gasteiger partial charge in [0.15, 0.2) is 4.77 Å². The lowest BCUT2D eigenvalue weighted by molar-refractivity contribution is 0.853. The van der Waals surface area contributed by atoms with Gasteiger partial charge in [0.25, 0.3) is 0 Å². The number of H-pyrrole nitrogens is 2. The van der Waals surface area contributed by atoms with Crippen LogP contribution in [0.5, 0.6) is 0 Å². The maximum Gasteiger partial charge on any atom is 0.174 e. The Balaban J connectivity index is 2.84. The molecule has 0 spiro atoms. The first kappa shape index (κ1) is 7.60. The second kappa shape index (κ2) is 3.06. The molecule has 0 aliphatic heterocycles. The lowest BCUT2D eigenvalue weighted by Crippen LogP contribution is -1.95. The summed E-state index contributed by atoms with van der Waals surface area (Å²) in [7, 11) is 5.71. The summed E-state index contributed by atoms with van der Waals surface area (Å²) < 4.78 is 0.638. The van der Waals surface area contributed by atoms with Crippen molar-refractivity contribution in [3.8, 4) is 0 Å². The molecule has 2 nitrogen and oxygen atoms in total. The third kappa shape index (κ3) is 1.50. The Morgan fingerprint density at radius 3 is 2.90 bits per heavy atom. The minimum absolute atomic E-state index is 0.0768. The zero-order valence-electron chi connectivity index (χ0n) is 5.85. The molecule has 1 rings (SSSR count). The van der Waals surface area contributed by atoms with Crippen molar-refractivity contribution in [3.63, 3.8) is 0 Å². The van der Waals surface area contributed by atoms with Crippen LogP contribution in [0.1, 0.15) is 24.9 Å². The normalized spacial score (nSPS) is 13.3. The maximum absolute atomic E-state index is 5.71. The second-order valence-corrected chi connectivity index (χ2v) is 2.62. The van der Waals surface area contributed by atoms with Crippen molar-refractivity contribution >= 4 is 20.1 Å². The number of aromatic nitrogens is 2. The fraction of sp³-hybridized carbons (Fsp3) is 0.500. The van der Waals surface area contributed by atoms with E-state index in [0.717, 1.165) is 12.1 Å². The first-order valence-electron chi connectivity index (χ1n) is 3.27. The van der Waals surface area contributed by atoms with Gasteiger partial charge in [0, 0.05) is 11.9 Å². The second-order valence-electron chi connectivity index (χ2n) is 2.21. The van der Waals surface area contributed by atoms with Gasteiger partial charge in [0.2, 0.25) is 0 Å². The molecule has 1 heterocycles. The molecule has 0 aromatic carbocycles. The van der Waals surface area contributed by atoms with Gasteiger partial charge in [-0.3, -0.25) is 0 Å². The standard InChI is InChI=1S/C6H9BN2S/c1-2-4(7)5-3-8-6(10)9-5/h3-4H,2H2,1H3,(H2,8,9,10). The molecular formula is C6H9BN2S. The summed E-state index contributed by atoms with van der Waals surface area (Å²) in [6.45, 7) is 2.04. The summed E-state index contributed by atoms with van der Waals surface area (Å²) in [4.78, 5) is 5.82. The average Bonchev–Trinajstić information content (AvgIpc) is 2.34. The van der Waals surface area contributed by atoms with Gasteiger partial charge in [-0.05, 0) is 18.0 Å². The van der Waals surface area contributed by atoms with Gasteiger partial charge in [0.05, 0.1) is 7.85 Å². The summed E-state index contributed by atoms with van der Waals surface area (Å²) in [5.74, 6) is 0.0768. The van der Waals surface area contributed by atoms with Crippen LogP contribution in [0, 0.1) is 4.77 Å². The van der Waals surface area contributed by atoms with E-state index in [-0.39, 0.29) is 5.82 Å². The summed E-state index contributed by atoms with van der Waals surface area (Å²) in [5, 5.41) is 0. The van der Waals surface area contributed by atoms with E-state index in [9.17, 15) is 0 Å². The van der Waals surface area contributed by atoms with Crippen LogP contribution in [-0.4, -0.2) is 17.8 Å². The third-order valence-corrected chi connectivity index (χ3v) is 1.68. The Labute approximate surface area is 66.5 Å². The summed E-state index contributed by atoms with van der Waals surface area (Å²) in [6.07, 6.45) is 2.74. The molecule has 1 atom stereocenters. The smallest absolute Gasteiger partial charge is 0.174 e. The van der Waals surface area contributed by atoms with Crippen LogP contribution in [0.2, 0.25) is 0 Å². The molecule has 0 bridgehead atoms. The molecule has 1 unspecified atom stereocenters. The number of hydrogen-bond acceptors (Lipinski definition) is 1. The van der Waals surface area contributed by atoms with E-state index in [1.807, 2.05) is 13.1 Å². The molecule has 0 saturated heterocycles. The van der Waals surface area contributed by atoms with E-state index in [2.05, 4.69) is 9.97 Å². The number of imidazole rings is 1. The molecule has 0 saturated carbocycles. The minimum atomic E-state index is 0.0768. The molecule has 1 aromatic heterocycles. The predicted molar refractivity (Wildman–Crippen MR) is 44.8 cm³/mol. The molecule has 2 N–H and O–H groups in total. The van der Waals surface area contributed by atoms with Gasteiger partial charge < -0.3 is 9.97 Å². The highest BCUT2D eigenvalue weighted by molar-refractivity contribution is 7.71.